The molecule has 0 aliphatic carbocycles. The summed E-state index contributed by atoms with van der Waals surface area (Å²) in [5.41, 5.74) is -0.502. The van der Waals surface area contributed by atoms with Gasteiger partial charge in [0.05, 0.1) is 12.8 Å². The van der Waals surface area contributed by atoms with Crippen molar-refractivity contribution in [3.05, 3.63) is 24.2 Å². The summed E-state index contributed by atoms with van der Waals surface area (Å²) in [4.78, 5) is 25.6. The third-order valence-corrected chi connectivity index (χ3v) is 3.16. The van der Waals surface area contributed by atoms with Gasteiger partial charge in [0.15, 0.2) is 5.76 Å². The highest BCUT2D eigenvalue weighted by atomic mass is 16.6. The van der Waals surface area contributed by atoms with E-state index in [4.69, 9.17) is 9.15 Å². The molecule has 1 aromatic rings. The van der Waals surface area contributed by atoms with Crippen molar-refractivity contribution in [2.45, 2.75) is 38.8 Å². The van der Waals surface area contributed by atoms with Gasteiger partial charge in [-0.3, -0.25) is 9.69 Å². The fraction of sp³-hybridized carbons (Fsp3) is 0.600. The first kappa shape index (κ1) is 15.6. The summed E-state index contributed by atoms with van der Waals surface area (Å²) in [7, 11) is 0. The van der Waals surface area contributed by atoms with Crippen molar-refractivity contribution in [3.8, 4) is 0 Å². The maximum atomic E-state index is 11.9. The molecular weight excluding hydrogens is 272 g/mol. The fourth-order valence-corrected chi connectivity index (χ4v) is 2.29. The van der Waals surface area contributed by atoms with Crippen LogP contribution in [-0.4, -0.2) is 48.1 Å². The van der Waals surface area contributed by atoms with E-state index in [2.05, 4.69) is 5.32 Å². The summed E-state index contributed by atoms with van der Waals surface area (Å²) >= 11 is 0. The van der Waals surface area contributed by atoms with E-state index in [1.165, 1.54) is 6.26 Å². The van der Waals surface area contributed by atoms with Gasteiger partial charge < -0.3 is 14.5 Å². The van der Waals surface area contributed by atoms with Gasteiger partial charge in [-0.05, 0) is 39.3 Å². The molecule has 0 bridgehead atoms. The molecule has 116 valence electrons. The van der Waals surface area contributed by atoms with Gasteiger partial charge in [0.2, 0.25) is 5.78 Å². The largest absolute Gasteiger partial charge is 0.461 e. The standard InChI is InChI=1S/C15H22N2O4/c1-15(2,3)21-14(19)16-11-6-7-17(9-11)10-12(18)13-5-4-8-20-13/h4-5,8,11H,6-7,9-10H2,1-3H3,(H,16,19)/t11-/m0/s1. The second-order valence-corrected chi connectivity index (χ2v) is 6.27. The molecule has 1 aliphatic rings. The van der Waals surface area contributed by atoms with E-state index in [0.717, 1.165) is 13.0 Å². The Labute approximate surface area is 124 Å². The number of hydrogen-bond donors (Lipinski definition) is 1. The van der Waals surface area contributed by atoms with Crippen LogP contribution < -0.4 is 5.32 Å². The number of ketones is 1. The first-order valence-corrected chi connectivity index (χ1v) is 7.12. The van der Waals surface area contributed by atoms with Crippen molar-refractivity contribution in [1.29, 1.82) is 0 Å². The lowest BCUT2D eigenvalue weighted by molar-refractivity contribution is 0.0506. The Morgan fingerprint density at radius 2 is 2.24 bits per heavy atom. The molecule has 2 heterocycles. The predicted octanol–water partition coefficient (Wildman–Crippen LogP) is 2.06. The number of carbonyl (C=O) groups is 2. The molecule has 1 aliphatic heterocycles. The molecule has 6 nitrogen and oxygen atoms in total. The van der Waals surface area contributed by atoms with Gasteiger partial charge in [-0.25, -0.2) is 4.79 Å². The number of Topliss-reactive ketones (excluding diaryl/α,β-unsaturated/α-hetero) is 1. The zero-order valence-electron chi connectivity index (χ0n) is 12.7. The second-order valence-electron chi connectivity index (χ2n) is 6.27. The smallest absolute Gasteiger partial charge is 0.407 e. The fourth-order valence-electron chi connectivity index (χ4n) is 2.29. The lowest BCUT2D eigenvalue weighted by Gasteiger charge is -2.21. The Kier molecular flexibility index (Phi) is 4.67. The normalized spacial score (nSPS) is 19.5. The number of ether oxygens (including phenoxy) is 1. The molecule has 0 spiro atoms. The summed E-state index contributed by atoms with van der Waals surface area (Å²) in [5.74, 6) is 0.330. The van der Waals surface area contributed by atoms with Crippen molar-refractivity contribution in [1.82, 2.24) is 10.2 Å². The third-order valence-electron chi connectivity index (χ3n) is 3.16. The predicted molar refractivity (Wildman–Crippen MR) is 77.3 cm³/mol. The highest BCUT2D eigenvalue weighted by Crippen LogP contribution is 2.13. The molecule has 0 radical (unpaired) electrons. The molecule has 1 aromatic heterocycles. The minimum Gasteiger partial charge on any atom is -0.461 e. The SMILES string of the molecule is CC(C)(C)OC(=O)N[C@H]1CCN(CC(=O)c2ccco2)C1. The Morgan fingerprint density at radius 1 is 1.48 bits per heavy atom. The van der Waals surface area contributed by atoms with Crippen LogP contribution in [0, 0.1) is 0 Å². The number of likely N-dealkylation sites (tertiary alicyclic amines) is 1. The highest BCUT2D eigenvalue weighted by Gasteiger charge is 2.27. The quantitative estimate of drug-likeness (QED) is 0.861. The summed E-state index contributed by atoms with van der Waals surface area (Å²) in [5, 5.41) is 2.84. The van der Waals surface area contributed by atoms with Gasteiger partial charge in [0, 0.05) is 19.1 Å². The van der Waals surface area contributed by atoms with Crippen LogP contribution in [0.3, 0.4) is 0 Å². The van der Waals surface area contributed by atoms with Crippen LogP contribution in [-0.2, 0) is 4.74 Å². The maximum absolute atomic E-state index is 11.9. The van der Waals surface area contributed by atoms with Gasteiger partial charge in [-0.1, -0.05) is 0 Å². The monoisotopic (exact) mass is 294 g/mol. The lowest BCUT2D eigenvalue weighted by Crippen LogP contribution is -2.41. The van der Waals surface area contributed by atoms with Crippen LogP contribution >= 0.6 is 0 Å². The summed E-state index contributed by atoms with van der Waals surface area (Å²) < 4.78 is 10.3. The van der Waals surface area contributed by atoms with Gasteiger partial charge in [-0.15, -0.1) is 0 Å². The van der Waals surface area contributed by atoms with E-state index in [1.807, 2.05) is 25.7 Å². The highest BCUT2D eigenvalue weighted by molar-refractivity contribution is 5.95. The van der Waals surface area contributed by atoms with E-state index < -0.39 is 11.7 Å². The van der Waals surface area contributed by atoms with Crippen molar-refractivity contribution in [3.63, 3.8) is 0 Å². The van der Waals surface area contributed by atoms with E-state index >= 15 is 0 Å². The molecule has 0 unspecified atom stereocenters. The molecule has 6 heteroatoms. The van der Waals surface area contributed by atoms with Gasteiger partial charge in [-0.2, -0.15) is 0 Å². The number of hydrogen-bond acceptors (Lipinski definition) is 5. The van der Waals surface area contributed by atoms with Gasteiger partial charge in [0.1, 0.15) is 5.60 Å². The number of furan rings is 1. The van der Waals surface area contributed by atoms with E-state index in [-0.39, 0.29) is 11.8 Å². The molecule has 1 N–H and O–H groups in total. The molecule has 1 atom stereocenters. The van der Waals surface area contributed by atoms with Crippen LogP contribution in [0.2, 0.25) is 0 Å². The Morgan fingerprint density at radius 3 is 2.86 bits per heavy atom. The first-order chi connectivity index (χ1) is 9.83. The minimum atomic E-state index is -0.502. The van der Waals surface area contributed by atoms with Crippen LogP contribution in [0.4, 0.5) is 4.79 Å². The molecular formula is C15H22N2O4. The average Bonchev–Trinajstić information content (AvgIpc) is 2.97. The van der Waals surface area contributed by atoms with E-state index in [0.29, 0.717) is 18.8 Å². The van der Waals surface area contributed by atoms with Gasteiger partial charge in [0.25, 0.3) is 0 Å². The maximum Gasteiger partial charge on any atom is 0.407 e. The van der Waals surface area contributed by atoms with Crippen LogP contribution in [0.15, 0.2) is 22.8 Å². The number of rotatable bonds is 4. The molecule has 0 aromatic carbocycles. The van der Waals surface area contributed by atoms with E-state index in [9.17, 15) is 9.59 Å². The zero-order valence-corrected chi connectivity index (χ0v) is 12.7. The molecule has 2 rings (SSSR count). The van der Waals surface area contributed by atoms with Crippen molar-refractivity contribution in [2.24, 2.45) is 0 Å². The Hall–Kier alpha value is -1.82. The number of nitrogens with one attached hydrogen (secondary N) is 1. The molecule has 1 saturated heterocycles. The Bertz CT molecular complexity index is 490. The summed E-state index contributed by atoms with van der Waals surface area (Å²) in [6, 6.07) is 3.38. The number of alkyl carbamates (subject to hydrolysis) is 1. The zero-order chi connectivity index (χ0) is 15.5. The second kappa shape index (κ2) is 6.30. The van der Waals surface area contributed by atoms with Crippen LogP contribution in [0.25, 0.3) is 0 Å². The van der Waals surface area contributed by atoms with Crippen molar-refractivity contribution < 1.29 is 18.7 Å². The average molecular weight is 294 g/mol. The molecule has 1 amide bonds. The number of carbonyl (C=O) groups excluding carboxylic acids is 2. The van der Waals surface area contributed by atoms with Crippen LogP contribution in [0.5, 0.6) is 0 Å². The third kappa shape index (κ3) is 4.90. The topological polar surface area (TPSA) is 71.8 Å². The van der Waals surface area contributed by atoms with E-state index in [1.54, 1.807) is 12.1 Å². The Balaban J connectivity index is 1.76. The summed E-state index contributed by atoms with van der Waals surface area (Å²) in [6.45, 7) is 7.21. The minimum absolute atomic E-state index is 0.0178. The van der Waals surface area contributed by atoms with Gasteiger partial charge >= 0.3 is 6.09 Å². The number of amides is 1. The number of nitrogens with zero attached hydrogens (tertiary/aromatic N) is 1. The first-order valence-electron chi connectivity index (χ1n) is 7.12. The molecule has 1 fully saturated rings. The van der Waals surface area contributed by atoms with Crippen molar-refractivity contribution in [2.75, 3.05) is 19.6 Å². The lowest BCUT2D eigenvalue weighted by atomic mass is 10.2. The summed E-state index contributed by atoms with van der Waals surface area (Å²) in [6.07, 6.45) is 1.89. The van der Waals surface area contributed by atoms with Crippen molar-refractivity contribution >= 4 is 11.9 Å². The van der Waals surface area contributed by atoms with Crippen LogP contribution in [0.1, 0.15) is 37.7 Å². The molecule has 21 heavy (non-hydrogen) atoms. The molecule has 0 saturated carbocycles.